The van der Waals surface area contributed by atoms with Gasteiger partial charge in [-0.15, -0.1) is 0 Å². The zero-order valence-corrected chi connectivity index (χ0v) is 7.27. The predicted octanol–water partition coefficient (Wildman–Crippen LogP) is -0.00530. The summed E-state index contributed by atoms with van der Waals surface area (Å²) in [6, 6.07) is 0. The van der Waals surface area contributed by atoms with Gasteiger partial charge in [0.05, 0.1) is 0 Å². The van der Waals surface area contributed by atoms with Crippen LogP contribution in [0.3, 0.4) is 0 Å². The fourth-order valence-corrected chi connectivity index (χ4v) is 0. The largest absolute Gasteiger partial charge is 0.397 e. The fraction of sp³-hybridized carbons (Fsp3) is 1.00. The molecule has 0 amide bonds. The molecule has 0 aliphatic rings. The third kappa shape index (κ3) is 243. The molecule has 0 aliphatic heterocycles. The Morgan fingerprint density at radius 3 is 1.00 bits per heavy atom. The molecule has 2 nitrogen and oxygen atoms in total. The summed E-state index contributed by atoms with van der Waals surface area (Å²) in [4.78, 5) is 0. The second-order valence-electron chi connectivity index (χ2n) is 0.632. The molecule has 0 aromatic carbocycles. The van der Waals surface area contributed by atoms with Crippen molar-refractivity contribution in [2.24, 2.45) is 0 Å². The first-order valence-electron chi connectivity index (χ1n) is 2.05. The van der Waals surface area contributed by atoms with Gasteiger partial charge in [-0.05, 0) is 13.8 Å². The van der Waals surface area contributed by atoms with Crippen LogP contribution in [0.25, 0.3) is 0 Å². The molecule has 0 aromatic rings. The molecule has 0 unspecified atom stereocenters. The van der Waals surface area contributed by atoms with Gasteiger partial charge in [0.1, 0.15) is 0 Å². The second-order valence-corrected chi connectivity index (χ2v) is 0.632. The van der Waals surface area contributed by atoms with Crippen LogP contribution in [0, 0.1) is 0 Å². The van der Waals surface area contributed by atoms with Gasteiger partial charge in [0.2, 0.25) is 0 Å². The van der Waals surface area contributed by atoms with Crippen LogP contribution < -0.4 is 0 Å². The van der Waals surface area contributed by atoms with E-state index in [1.807, 2.05) is 0 Å². The monoisotopic (exact) mass is 182 g/mol. The summed E-state index contributed by atoms with van der Waals surface area (Å²) in [5.74, 6) is 0. The Kier molecular flexibility index (Phi) is 65.2. The zero-order chi connectivity index (χ0) is 5.41. The Morgan fingerprint density at radius 1 is 1.00 bits per heavy atom. The fourth-order valence-electron chi connectivity index (χ4n) is 0. The predicted molar refractivity (Wildman–Crippen MR) is 25.5 cm³/mol. The van der Waals surface area contributed by atoms with Crippen LogP contribution in [-0.2, 0) is 26.2 Å². The standard InChI is InChI=1S/2C2H6O.Zr/c2*1-2-3;/h2*3H,2H2,1H3;. The summed E-state index contributed by atoms with van der Waals surface area (Å²) in [5.41, 5.74) is 0. The van der Waals surface area contributed by atoms with Crippen LogP contribution in [0.2, 0.25) is 0 Å². The van der Waals surface area contributed by atoms with Crippen molar-refractivity contribution in [2.75, 3.05) is 13.2 Å². The van der Waals surface area contributed by atoms with E-state index in [4.69, 9.17) is 10.2 Å². The van der Waals surface area contributed by atoms with E-state index in [0.29, 0.717) is 0 Å². The maximum atomic E-state index is 7.57. The number of rotatable bonds is 0. The first kappa shape index (κ1) is 15.7. The quantitative estimate of drug-likeness (QED) is 0.555. The molecule has 0 fully saturated rings. The topological polar surface area (TPSA) is 40.5 Å². The van der Waals surface area contributed by atoms with Crippen molar-refractivity contribution in [2.45, 2.75) is 13.8 Å². The average Bonchev–Trinajstić information content (AvgIpc) is 1.39. The van der Waals surface area contributed by atoms with E-state index in [2.05, 4.69) is 0 Å². The van der Waals surface area contributed by atoms with E-state index in [1.165, 1.54) is 0 Å². The van der Waals surface area contributed by atoms with Crippen molar-refractivity contribution in [3.8, 4) is 0 Å². The molecule has 0 saturated carbocycles. The molecule has 3 heteroatoms. The first-order valence-corrected chi connectivity index (χ1v) is 2.05. The smallest absolute Gasteiger partial charge is 0.0402 e. The third-order valence-electron chi connectivity index (χ3n) is 0. The van der Waals surface area contributed by atoms with Crippen molar-refractivity contribution < 1.29 is 36.4 Å². The summed E-state index contributed by atoms with van der Waals surface area (Å²) in [5, 5.41) is 15.1. The van der Waals surface area contributed by atoms with Crippen LogP contribution in [-0.4, -0.2) is 23.4 Å². The number of aliphatic hydroxyl groups is 2. The maximum Gasteiger partial charge on any atom is 0.0402 e. The van der Waals surface area contributed by atoms with Crippen molar-refractivity contribution in [3.63, 3.8) is 0 Å². The van der Waals surface area contributed by atoms with Gasteiger partial charge in [-0.1, -0.05) is 0 Å². The van der Waals surface area contributed by atoms with Gasteiger partial charge in [-0.2, -0.15) is 0 Å². The number of hydrogen-bond donors (Lipinski definition) is 2. The number of aliphatic hydroxyl groups excluding tert-OH is 2. The second kappa shape index (κ2) is 29.2. The van der Waals surface area contributed by atoms with Crippen LogP contribution in [0.15, 0.2) is 0 Å². The molecular weight excluding hydrogens is 171 g/mol. The van der Waals surface area contributed by atoms with Crippen molar-refractivity contribution in [1.29, 1.82) is 0 Å². The molecule has 0 atom stereocenters. The van der Waals surface area contributed by atoms with Crippen molar-refractivity contribution in [1.82, 2.24) is 0 Å². The van der Waals surface area contributed by atoms with Crippen molar-refractivity contribution >= 4 is 0 Å². The minimum absolute atomic E-state index is 0. The van der Waals surface area contributed by atoms with Crippen LogP contribution in [0.4, 0.5) is 0 Å². The van der Waals surface area contributed by atoms with E-state index < -0.39 is 0 Å². The van der Waals surface area contributed by atoms with Gasteiger partial charge in [0.25, 0.3) is 0 Å². The zero-order valence-electron chi connectivity index (χ0n) is 4.81. The molecule has 0 bridgehead atoms. The van der Waals surface area contributed by atoms with Gasteiger partial charge >= 0.3 is 0 Å². The van der Waals surface area contributed by atoms with Crippen LogP contribution in [0.1, 0.15) is 13.8 Å². The van der Waals surface area contributed by atoms with Gasteiger partial charge in [0, 0.05) is 39.4 Å². The van der Waals surface area contributed by atoms with Crippen molar-refractivity contribution in [3.05, 3.63) is 0 Å². The Labute approximate surface area is 63.7 Å². The molecule has 0 spiro atoms. The normalized spacial score (nSPS) is 5.14. The maximum absolute atomic E-state index is 7.57. The Morgan fingerprint density at radius 2 is 1.00 bits per heavy atom. The Bertz CT molecular complexity index is 11.7. The molecule has 7 heavy (non-hydrogen) atoms. The van der Waals surface area contributed by atoms with Gasteiger partial charge in [-0.3, -0.25) is 0 Å². The van der Waals surface area contributed by atoms with Crippen LogP contribution >= 0.6 is 0 Å². The molecule has 0 rings (SSSR count). The first-order chi connectivity index (χ1) is 2.83. The molecule has 0 radical (unpaired) electrons. The van der Waals surface area contributed by atoms with E-state index >= 15 is 0 Å². The van der Waals surface area contributed by atoms with Crippen LogP contribution in [0.5, 0.6) is 0 Å². The SMILES string of the molecule is CCO.CCO.[Zr]. The summed E-state index contributed by atoms with van der Waals surface area (Å²) in [7, 11) is 0. The van der Waals surface area contributed by atoms with E-state index in [0.717, 1.165) is 0 Å². The molecule has 0 saturated heterocycles. The number of hydrogen-bond acceptors (Lipinski definition) is 2. The summed E-state index contributed by atoms with van der Waals surface area (Å²) in [6.07, 6.45) is 0. The molecule has 0 aromatic heterocycles. The minimum atomic E-state index is 0. The third-order valence-corrected chi connectivity index (χ3v) is 0. The summed E-state index contributed by atoms with van der Waals surface area (Å²) in [6.45, 7) is 3.86. The summed E-state index contributed by atoms with van der Waals surface area (Å²) < 4.78 is 0. The van der Waals surface area contributed by atoms with E-state index in [-0.39, 0.29) is 39.4 Å². The Balaban J connectivity index is -0.0000000400. The summed E-state index contributed by atoms with van der Waals surface area (Å²) >= 11 is 0. The molecule has 0 heterocycles. The molecule has 2 N–H and O–H groups in total. The minimum Gasteiger partial charge on any atom is -0.397 e. The van der Waals surface area contributed by atoms with E-state index in [9.17, 15) is 0 Å². The molecular formula is C4H12O2Zr. The van der Waals surface area contributed by atoms with Gasteiger partial charge in [0.15, 0.2) is 0 Å². The van der Waals surface area contributed by atoms with Gasteiger partial charge < -0.3 is 10.2 Å². The van der Waals surface area contributed by atoms with Gasteiger partial charge in [-0.25, -0.2) is 0 Å². The van der Waals surface area contributed by atoms with E-state index in [1.54, 1.807) is 13.8 Å². The average molecular weight is 183 g/mol. The Hall–Kier alpha value is 0.803. The molecule has 0 aliphatic carbocycles. The molecule has 44 valence electrons.